The van der Waals surface area contributed by atoms with Crippen molar-refractivity contribution in [2.24, 2.45) is 0 Å². The van der Waals surface area contributed by atoms with Gasteiger partial charge in [-0.3, -0.25) is 14.4 Å². The average molecular weight is 507 g/mol. The fourth-order valence-corrected chi connectivity index (χ4v) is 4.97. The fraction of sp³-hybridized carbons (Fsp3) is 0.222. The molecule has 152 valence electrons. The fourth-order valence-electron chi connectivity index (χ4n) is 2.79. The molecule has 0 aliphatic heterocycles. The zero-order chi connectivity index (χ0) is 20.9. The minimum absolute atomic E-state index is 0.0495. The monoisotopic (exact) mass is 505 g/mol. The molecule has 4 rings (SSSR count). The van der Waals surface area contributed by atoms with Crippen LogP contribution in [0.1, 0.15) is 18.4 Å². The van der Waals surface area contributed by atoms with Crippen molar-refractivity contribution in [2.75, 3.05) is 5.43 Å². The quantitative estimate of drug-likeness (QED) is 0.542. The van der Waals surface area contributed by atoms with E-state index in [2.05, 4.69) is 26.3 Å². The molecule has 1 aromatic heterocycles. The molecule has 11 heteroatoms. The van der Waals surface area contributed by atoms with E-state index in [9.17, 15) is 22.2 Å². The van der Waals surface area contributed by atoms with Crippen LogP contribution in [0.25, 0.3) is 10.9 Å². The van der Waals surface area contributed by atoms with E-state index < -0.39 is 28.1 Å². The number of nitrogens with one attached hydrogen (secondary N) is 1. The molecule has 2 aromatic carbocycles. The number of alkyl halides is 3. The van der Waals surface area contributed by atoms with Gasteiger partial charge in [-0.2, -0.15) is 13.2 Å². The number of halogens is 5. The third-order valence-electron chi connectivity index (χ3n) is 4.37. The number of benzene rings is 2. The third kappa shape index (κ3) is 4.06. The molecule has 1 unspecified atom stereocenters. The lowest BCUT2D eigenvalue weighted by Gasteiger charge is -2.15. The van der Waals surface area contributed by atoms with Crippen LogP contribution in [0.5, 0.6) is 0 Å². The van der Waals surface area contributed by atoms with E-state index in [4.69, 9.17) is 11.6 Å². The van der Waals surface area contributed by atoms with Gasteiger partial charge in [0.05, 0.1) is 37.8 Å². The Labute approximate surface area is 178 Å². The van der Waals surface area contributed by atoms with Gasteiger partial charge in [0.25, 0.3) is 5.56 Å². The second kappa shape index (κ2) is 7.41. The van der Waals surface area contributed by atoms with Crippen molar-refractivity contribution >= 4 is 54.9 Å². The molecule has 1 aliphatic rings. The summed E-state index contributed by atoms with van der Waals surface area (Å²) in [6.45, 7) is 0. The standard InChI is InChI=1S/C18H12BrClF3N3O2S/c19-13-6-9(18(21,22)23)5-12-16(13)24-8-26(17(12)27)25-14-7-10(20)1-4-15(14)29(28)11-2-3-11/h1,4-8,11,25H,2-3H2. The van der Waals surface area contributed by atoms with Crippen molar-refractivity contribution in [1.29, 1.82) is 0 Å². The number of rotatable bonds is 4. The lowest BCUT2D eigenvalue weighted by molar-refractivity contribution is -0.137. The molecule has 3 aromatic rings. The van der Waals surface area contributed by atoms with Crippen LogP contribution in [0.4, 0.5) is 18.9 Å². The topological polar surface area (TPSA) is 64.0 Å². The van der Waals surface area contributed by atoms with Crippen molar-refractivity contribution in [3.8, 4) is 0 Å². The second-order valence-electron chi connectivity index (χ2n) is 6.52. The van der Waals surface area contributed by atoms with Gasteiger partial charge in [-0.05, 0) is 59.1 Å². The first-order valence-corrected chi connectivity index (χ1v) is 10.8. The number of aromatic nitrogens is 2. The predicted molar refractivity (Wildman–Crippen MR) is 109 cm³/mol. The van der Waals surface area contributed by atoms with E-state index in [1.807, 2.05) is 0 Å². The van der Waals surface area contributed by atoms with E-state index in [0.717, 1.165) is 36.0 Å². The average Bonchev–Trinajstić information content (AvgIpc) is 3.48. The van der Waals surface area contributed by atoms with Gasteiger partial charge in [0, 0.05) is 14.7 Å². The number of hydrogen-bond donors (Lipinski definition) is 1. The van der Waals surface area contributed by atoms with Gasteiger partial charge in [0.2, 0.25) is 0 Å². The summed E-state index contributed by atoms with van der Waals surface area (Å²) in [5, 5.41) is 0.190. The molecule has 0 spiro atoms. The van der Waals surface area contributed by atoms with E-state index in [-0.39, 0.29) is 20.6 Å². The Morgan fingerprint density at radius 3 is 2.62 bits per heavy atom. The van der Waals surface area contributed by atoms with Crippen LogP contribution in [0, 0.1) is 0 Å². The zero-order valence-electron chi connectivity index (χ0n) is 14.5. The Morgan fingerprint density at radius 1 is 1.24 bits per heavy atom. The first-order valence-electron chi connectivity index (χ1n) is 8.40. The molecule has 1 atom stereocenters. The highest BCUT2D eigenvalue weighted by Gasteiger charge is 2.32. The first-order chi connectivity index (χ1) is 13.6. The summed E-state index contributed by atoms with van der Waals surface area (Å²) < 4.78 is 53.0. The molecular weight excluding hydrogens is 495 g/mol. The molecule has 1 heterocycles. The molecule has 1 fully saturated rings. The van der Waals surface area contributed by atoms with Crippen molar-refractivity contribution < 1.29 is 17.4 Å². The van der Waals surface area contributed by atoms with Crippen LogP contribution in [-0.2, 0) is 17.0 Å². The van der Waals surface area contributed by atoms with Gasteiger partial charge < -0.3 is 0 Å². The lowest BCUT2D eigenvalue weighted by Crippen LogP contribution is -2.27. The van der Waals surface area contributed by atoms with E-state index in [0.29, 0.717) is 15.6 Å². The minimum Gasteiger partial charge on any atom is -0.289 e. The Kier molecular flexibility index (Phi) is 5.20. The molecule has 1 saturated carbocycles. The Morgan fingerprint density at radius 2 is 1.97 bits per heavy atom. The van der Waals surface area contributed by atoms with Crippen molar-refractivity contribution in [3.63, 3.8) is 0 Å². The molecule has 0 bridgehead atoms. The largest absolute Gasteiger partial charge is 0.416 e. The predicted octanol–water partition coefficient (Wildman–Crippen LogP) is 4.98. The van der Waals surface area contributed by atoms with Crippen LogP contribution < -0.4 is 11.0 Å². The first kappa shape index (κ1) is 20.4. The summed E-state index contributed by atoms with van der Waals surface area (Å²) in [6, 6.07) is 6.35. The van der Waals surface area contributed by atoms with E-state index in [1.165, 1.54) is 6.07 Å². The highest BCUT2D eigenvalue weighted by atomic mass is 79.9. The summed E-state index contributed by atoms with van der Waals surface area (Å²) >= 11 is 9.08. The van der Waals surface area contributed by atoms with Gasteiger partial charge in [0.15, 0.2) is 0 Å². The highest BCUT2D eigenvalue weighted by molar-refractivity contribution is 9.10. The zero-order valence-corrected chi connectivity index (χ0v) is 17.6. The summed E-state index contributed by atoms with van der Waals surface area (Å²) in [4.78, 5) is 17.4. The Hall–Kier alpha value is -1.91. The van der Waals surface area contributed by atoms with Crippen LogP contribution in [0.15, 0.2) is 50.8 Å². The van der Waals surface area contributed by atoms with Crippen LogP contribution in [0.3, 0.4) is 0 Å². The summed E-state index contributed by atoms with van der Waals surface area (Å²) in [7, 11) is -1.28. The van der Waals surface area contributed by atoms with Crippen LogP contribution in [0.2, 0.25) is 5.02 Å². The maximum atomic E-state index is 13.1. The van der Waals surface area contributed by atoms with Gasteiger partial charge in [0.1, 0.15) is 6.33 Å². The van der Waals surface area contributed by atoms with Gasteiger partial charge >= 0.3 is 6.18 Å². The maximum absolute atomic E-state index is 13.1. The van der Waals surface area contributed by atoms with Gasteiger partial charge in [-0.25, -0.2) is 9.66 Å². The molecule has 0 radical (unpaired) electrons. The number of hydrogen-bond acceptors (Lipinski definition) is 4. The number of nitrogens with zero attached hydrogens (tertiary/aromatic N) is 2. The Balaban J connectivity index is 1.82. The van der Waals surface area contributed by atoms with Crippen molar-refractivity contribution in [2.45, 2.75) is 29.2 Å². The highest BCUT2D eigenvalue weighted by Crippen LogP contribution is 2.35. The minimum atomic E-state index is -4.61. The molecule has 0 amide bonds. The second-order valence-corrected chi connectivity index (χ2v) is 9.51. The van der Waals surface area contributed by atoms with E-state index >= 15 is 0 Å². The number of anilines is 1. The van der Waals surface area contributed by atoms with Crippen LogP contribution in [-0.4, -0.2) is 19.1 Å². The van der Waals surface area contributed by atoms with E-state index in [1.54, 1.807) is 12.1 Å². The normalized spacial score (nSPS) is 15.5. The summed E-state index contributed by atoms with van der Waals surface area (Å²) in [6.07, 6.45) is -1.76. The maximum Gasteiger partial charge on any atom is 0.416 e. The van der Waals surface area contributed by atoms with Crippen molar-refractivity contribution in [1.82, 2.24) is 9.66 Å². The van der Waals surface area contributed by atoms with Gasteiger partial charge in [-0.15, -0.1) is 0 Å². The molecule has 5 nitrogen and oxygen atoms in total. The van der Waals surface area contributed by atoms with Crippen LogP contribution >= 0.6 is 27.5 Å². The lowest BCUT2D eigenvalue weighted by atomic mass is 10.1. The van der Waals surface area contributed by atoms with Crippen molar-refractivity contribution in [3.05, 3.63) is 62.1 Å². The summed E-state index contributed by atoms with van der Waals surface area (Å²) in [5.74, 6) is 0. The smallest absolute Gasteiger partial charge is 0.289 e. The molecular formula is C18H12BrClF3N3O2S. The van der Waals surface area contributed by atoms with Gasteiger partial charge in [-0.1, -0.05) is 11.6 Å². The molecule has 0 saturated heterocycles. The molecule has 29 heavy (non-hydrogen) atoms. The Bertz CT molecular complexity index is 1210. The SMILES string of the molecule is O=c1c2cc(C(F)(F)F)cc(Br)c2ncn1Nc1cc(Cl)ccc1S(=O)C1CC1. The summed E-state index contributed by atoms with van der Waals surface area (Å²) in [5.41, 5.74) is 1.52. The third-order valence-corrected chi connectivity index (χ3v) is 7.07. The number of fused-ring (bicyclic) bond motifs is 1. The molecule has 1 aliphatic carbocycles. The molecule has 1 N–H and O–H groups in total.